The maximum absolute atomic E-state index is 12.8. The predicted octanol–water partition coefficient (Wildman–Crippen LogP) is 3.15. The first-order chi connectivity index (χ1) is 12.0. The lowest BCUT2D eigenvalue weighted by Gasteiger charge is -2.23. The second-order valence-corrected chi connectivity index (χ2v) is 6.16. The molecule has 0 saturated carbocycles. The van der Waals surface area contributed by atoms with Crippen LogP contribution in [0.15, 0.2) is 48.5 Å². The molecular weight excluding hydrogens is 319 g/mol. The number of benzene rings is 2. The molecule has 4 nitrogen and oxygen atoms in total. The second kappa shape index (κ2) is 9.18. The van der Waals surface area contributed by atoms with Crippen LogP contribution in [0.3, 0.4) is 0 Å². The van der Waals surface area contributed by atoms with Crippen molar-refractivity contribution in [2.45, 2.75) is 26.4 Å². The zero-order valence-corrected chi connectivity index (χ0v) is 15.0. The lowest BCUT2D eigenvalue weighted by Crippen LogP contribution is -2.44. The van der Waals surface area contributed by atoms with E-state index in [1.54, 1.807) is 12.1 Å². The van der Waals surface area contributed by atoms with Gasteiger partial charge in [-0.15, -0.1) is 0 Å². The Labute approximate surface area is 148 Å². The number of aryl methyl sites for hydroxylation is 1. The quantitative estimate of drug-likeness (QED) is 0.800. The van der Waals surface area contributed by atoms with E-state index in [2.05, 4.69) is 5.32 Å². The molecule has 25 heavy (non-hydrogen) atoms. The fraction of sp³-hybridized carbons (Fsp3) is 0.350. The molecule has 2 rings (SSSR count). The van der Waals surface area contributed by atoms with E-state index in [1.165, 1.54) is 17.7 Å². The molecule has 0 aliphatic carbocycles. The Kier molecular flexibility index (Phi) is 6.95. The van der Waals surface area contributed by atoms with Crippen LogP contribution in [0.5, 0.6) is 5.75 Å². The largest absolute Gasteiger partial charge is 0.492 e. The maximum atomic E-state index is 12.8. The molecule has 0 heterocycles. The van der Waals surface area contributed by atoms with Crippen molar-refractivity contribution in [1.82, 2.24) is 10.2 Å². The van der Waals surface area contributed by atoms with Gasteiger partial charge in [-0.3, -0.25) is 9.69 Å². The Morgan fingerprint density at radius 2 is 1.80 bits per heavy atom. The summed E-state index contributed by atoms with van der Waals surface area (Å²) in [5, 5.41) is 2.95. The van der Waals surface area contributed by atoms with Crippen LogP contribution in [0.1, 0.15) is 18.1 Å². The normalized spacial score (nSPS) is 12.0. The van der Waals surface area contributed by atoms with E-state index >= 15 is 0 Å². The van der Waals surface area contributed by atoms with Gasteiger partial charge in [-0.2, -0.15) is 0 Å². The van der Waals surface area contributed by atoms with Gasteiger partial charge in [-0.25, -0.2) is 4.39 Å². The minimum Gasteiger partial charge on any atom is -0.492 e. The van der Waals surface area contributed by atoms with Crippen molar-refractivity contribution < 1.29 is 13.9 Å². The summed E-state index contributed by atoms with van der Waals surface area (Å²) in [6.45, 7) is 5.44. The number of hydrogen-bond acceptors (Lipinski definition) is 3. The van der Waals surface area contributed by atoms with Crippen LogP contribution >= 0.6 is 0 Å². The molecule has 0 bridgehead atoms. The lowest BCUT2D eigenvalue weighted by molar-refractivity contribution is -0.125. The van der Waals surface area contributed by atoms with Crippen LogP contribution in [0.2, 0.25) is 0 Å². The predicted molar refractivity (Wildman–Crippen MR) is 97.0 cm³/mol. The first kappa shape index (κ1) is 18.9. The topological polar surface area (TPSA) is 41.6 Å². The van der Waals surface area contributed by atoms with Crippen molar-refractivity contribution >= 4 is 5.91 Å². The van der Waals surface area contributed by atoms with Gasteiger partial charge in [0.25, 0.3) is 0 Å². The van der Waals surface area contributed by atoms with Gasteiger partial charge in [-0.1, -0.05) is 29.8 Å². The Balaban J connectivity index is 1.72. The molecule has 0 saturated heterocycles. The van der Waals surface area contributed by atoms with E-state index in [0.29, 0.717) is 25.4 Å². The summed E-state index contributed by atoms with van der Waals surface area (Å²) < 4.78 is 18.4. The average Bonchev–Trinajstić information content (AvgIpc) is 2.62. The molecule has 0 spiro atoms. The van der Waals surface area contributed by atoms with Crippen molar-refractivity contribution in [2.75, 3.05) is 20.2 Å². The number of ether oxygens (including phenoxy) is 1. The van der Waals surface area contributed by atoms with Crippen molar-refractivity contribution in [2.24, 2.45) is 0 Å². The van der Waals surface area contributed by atoms with Crippen LogP contribution < -0.4 is 10.1 Å². The number of rotatable bonds is 8. The van der Waals surface area contributed by atoms with E-state index in [-0.39, 0.29) is 17.8 Å². The van der Waals surface area contributed by atoms with Gasteiger partial charge < -0.3 is 10.1 Å². The maximum Gasteiger partial charge on any atom is 0.237 e. The number of carbonyl (C=O) groups is 1. The molecule has 0 radical (unpaired) electrons. The van der Waals surface area contributed by atoms with E-state index < -0.39 is 0 Å². The van der Waals surface area contributed by atoms with Crippen molar-refractivity contribution in [3.63, 3.8) is 0 Å². The third-order valence-electron chi connectivity index (χ3n) is 4.15. The number of carbonyl (C=O) groups excluding carboxylic acids is 1. The molecule has 2 aromatic carbocycles. The molecule has 0 aliphatic heterocycles. The van der Waals surface area contributed by atoms with E-state index in [1.807, 2.05) is 50.1 Å². The van der Waals surface area contributed by atoms with E-state index in [0.717, 1.165) is 5.56 Å². The Bertz CT molecular complexity index is 671. The van der Waals surface area contributed by atoms with Gasteiger partial charge in [0, 0.05) is 13.1 Å². The molecule has 134 valence electrons. The van der Waals surface area contributed by atoms with E-state index in [9.17, 15) is 9.18 Å². The van der Waals surface area contributed by atoms with Gasteiger partial charge in [0.1, 0.15) is 18.2 Å². The van der Waals surface area contributed by atoms with Gasteiger partial charge in [0.15, 0.2) is 0 Å². The number of hydrogen-bond donors (Lipinski definition) is 1. The number of amides is 1. The molecule has 1 unspecified atom stereocenters. The number of nitrogens with zero attached hydrogens (tertiary/aromatic N) is 1. The smallest absolute Gasteiger partial charge is 0.237 e. The molecule has 5 heteroatoms. The monoisotopic (exact) mass is 344 g/mol. The van der Waals surface area contributed by atoms with Gasteiger partial charge in [0.2, 0.25) is 5.91 Å². The fourth-order valence-electron chi connectivity index (χ4n) is 2.27. The first-order valence-corrected chi connectivity index (χ1v) is 8.37. The highest BCUT2D eigenvalue weighted by molar-refractivity contribution is 5.81. The summed E-state index contributed by atoms with van der Waals surface area (Å²) in [6.07, 6.45) is 0. The SMILES string of the molecule is Cc1ccc(CNC(=O)C(C)N(C)CCOc2ccc(F)cc2)cc1. The Morgan fingerprint density at radius 1 is 1.16 bits per heavy atom. The molecule has 0 aliphatic rings. The molecule has 1 N–H and O–H groups in total. The lowest BCUT2D eigenvalue weighted by atomic mass is 10.1. The highest BCUT2D eigenvalue weighted by Crippen LogP contribution is 2.11. The third-order valence-corrected chi connectivity index (χ3v) is 4.15. The number of nitrogens with one attached hydrogen (secondary N) is 1. The summed E-state index contributed by atoms with van der Waals surface area (Å²) in [5.41, 5.74) is 2.28. The number of likely N-dealkylation sites (N-methyl/N-ethyl adjacent to an activating group) is 1. The van der Waals surface area contributed by atoms with Crippen LogP contribution in [-0.2, 0) is 11.3 Å². The van der Waals surface area contributed by atoms with Crippen molar-refractivity contribution in [3.05, 3.63) is 65.5 Å². The summed E-state index contributed by atoms with van der Waals surface area (Å²) in [6, 6.07) is 13.7. The molecule has 0 aromatic heterocycles. The molecular formula is C20H25FN2O2. The van der Waals surface area contributed by atoms with Gasteiger partial charge in [0.05, 0.1) is 6.04 Å². The summed E-state index contributed by atoms with van der Waals surface area (Å²) in [4.78, 5) is 14.2. The average molecular weight is 344 g/mol. The van der Waals surface area contributed by atoms with Crippen LogP contribution in [0.4, 0.5) is 4.39 Å². The van der Waals surface area contributed by atoms with E-state index in [4.69, 9.17) is 4.74 Å². The Morgan fingerprint density at radius 3 is 2.44 bits per heavy atom. The molecule has 1 amide bonds. The number of halogens is 1. The zero-order valence-electron chi connectivity index (χ0n) is 15.0. The summed E-state index contributed by atoms with van der Waals surface area (Å²) in [5.74, 6) is 0.305. The first-order valence-electron chi connectivity index (χ1n) is 8.37. The highest BCUT2D eigenvalue weighted by Gasteiger charge is 2.17. The van der Waals surface area contributed by atoms with Crippen LogP contribution in [0, 0.1) is 12.7 Å². The van der Waals surface area contributed by atoms with Crippen molar-refractivity contribution in [3.8, 4) is 5.75 Å². The summed E-state index contributed by atoms with van der Waals surface area (Å²) in [7, 11) is 1.88. The molecule has 2 aromatic rings. The highest BCUT2D eigenvalue weighted by atomic mass is 19.1. The minimum absolute atomic E-state index is 0.0233. The standard InChI is InChI=1S/C20H25FN2O2/c1-15-4-6-17(7-5-15)14-22-20(24)16(2)23(3)12-13-25-19-10-8-18(21)9-11-19/h4-11,16H,12-14H2,1-3H3,(H,22,24). The third kappa shape index (κ3) is 6.19. The minimum atomic E-state index is -0.289. The second-order valence-electron chi connectivity index (χ2n) is 6.16. The van der Waals surface area contributed by atoms with Crippen LogP contribution in [0.25, 0.3) is 0 Å². The molecule has 0 fully saturated rings. The molecule has 1 atom stereocenters. The summed E-state index contributed by atoms with van der Waals surface area (Å²) >= 11 is 0. The zero-order chi connectivity index (χ0) is 18.2. The van der Waals surface area contributed by atoms with Gasteiger partial charge >= 0.3 is 0 Å². The Hall–Kier alpha value is -2.40. The van der Waals surface area contributed by atoms with Crippen LogP contribution in [-0.4, -0.2) is 37.0 Å². The fourth-order valence-corrected chi connectivity index (χ4v) is 2.27. The van der Waals surface area contributed by atoms with Gasteiger partial charge in [-0.05, 0) is 50.7 Å². The van der Waals surface area contributed by atoms with Crippen molar-refractivity contribution in [1.29, 1.82) is 0 Å².